The molecule has 0 radical (unpaired) electrons. The van der Waals surface area contributed by atoms with Gasteiger partial charge in [0.15, 0.2) is 0 Å². The molecule has 3 heteroatoms. The molecule has 0 bridgehead atoms. The lowest BCUT2D eigenvalue weighted by Crippen LogP contribution is -2.28. The average Bonchev–Trinajstić information content (AvgIpc) is 2.73. The minimum Gasteiger partial charge on any atom is -0.382 e. The summed E-state index contributed by atoms with van der Waals surface area (Å²) in [6.07, 6.45) is 6.28. The van der Waals surface area contributed by atoms with Crippen LogP contribution < -0.4 is 21.2 Å². The van der Waals surface area contributed by atoms with Crippen LogP contribution in [-0.4, -0.2) is 6.04 Å². The maximum Gasteiger partial charge on any atom is 0.124 e. The van der Waals surface area contributed by atoms with Crippen molar-refractivity contribution in [2.75, 3.05) is 5.32 Å². The van der Waals surface area contributed by atoms with Gasteiger partial charge in [0.1, 0.15) is 5.82 Å². The molecule has 0 heterocycles. The third-order valence-electron chi connectivity index (χ3n) is 5.19. The molecular weight excluding hydrogens is 352 g/mol. The molecule has 3 aromatic rings. The summed E-state index contributed by atoms with van der Waals surface area (Å²) in [6.45, 7) is 0. The summed E-state index contributed by atoms with van der Waals surface area (Å²) in [7, 11) is -0.812. The highest BCUT2D eigenvalue weighted by atomic mass is 31.1. The molecule has 0 spiro atoms. The average molecular weight is 377 g/mol. The van der Waals surface area contributed by atoms with Gasteiger partial charge in [-0.25, -0.2) is 4.39 Å². The molecule has 0 saturated heterocycles. The quantitative estimate of drug-likeness (QED) is 0.593. The topological polar surface area (TPSA) is 12.0 Å². The van der Waals surface area contributed by atoms with E-state index in [4.69, 9.17) is 0 Å². The molecule has 1 saturated carbocycles. The molecule has 0 amide bonds. The second-order valence-electron chi connectivity index (χ2n) is 7.15. The molecule has 138 valence electrons. The van der Waals surface area contributed by atoms with Gasteiger partial charge in [-0.3, -0.25) is 0 Å². The molecule has 0 atom stereocenters. The van der Waals surface area contributed by atoms with Crippen LogP contribution in [0, 0.1) is 5.82 Å². The number of rotatable bonds is 5. The second kappa shape index (κ2) is 8.67. The zero-order valence-corrected chi connectivity index (χ0v) is 16.3. The van der Waals surface area contributed by atoms with Crippen molar-refractivity contribution in [3.8, 4) is 0 Å². The molecule has 0 unspecified atom stereocenters. The molecule has 1 aliphatic carbocycles. The largest absolute Gasteiger partial charge is 0.382 e. The van der Waals surface area contributed by atoms with Gasteiger partial charge in [0.25, 0.3) is 0 Å². The summed E-state index contributed by atoms with van der Waals surface area (Å²) >= 11 is 0. The number of nitrogens with one attached hydrogen (secondary N) is 1. The standard InChI is InChI=1S/C24H25FNP/c25-19-16-17-23(26-20-10-4-1-5-11-20)24(18-19)27(21-12-6-2-7-13-21)22-14-8-3-9-15-22/h2-3,6-9,12-18,20,26H,1,4-5,10-11H2. The summed E-state index contributed by atoms with van der Waals surface area (Å²) in [5, 5.41) is 7.32. The molecule has 1 N–H and O–H groups in total. The van der Waals surface area contributed by atoms with E-state index in [1.165, 1.54) is 42.7 Å². The molecule has 1 fully saturated rings. The number of anilines is 1. The Hall–Kier alpha value is -2.18. The first kappa shape index (κ1) is 18.2. The van der Waals surface area contributed by atoms with Gasteiger partial charge < -0.3 is 5.32 Å². The van der Waals surface area contributed by atoms with Gasteiger partial charge in [-0.2, -0.15) is 0 Å². The predicted octanol–water partition coefficient (Wildman–Crippen LogP) is 5.33. The van der Waals surface area contributed by atoms with Crippen molar-refractivity contribution in [1.82, 2.24) is 0 Å². The highest BCUT2D eigenvalue weighted by Gasteiger charge is 2.22. The number of hydrogen-bond acceptors (Lipinski definition) is 1. The predicted molar refractivity (Wildman–Crippen MR) is 116 cm³/mol. The van der Waals surface area contributed by atoms with E-state index < -0.39 is 7.92 Å². The third-order valence-corrected chi connectivity index (χ3v) is 7.68. The maximum atomic E-state index is 14.3. The zero-order chi connectivity index (χ0) is 18.5. The lowest BCUT2D eigenvalue weighted by Gasteiger charge is -2.28. The molecule has 1 aliphatic rings. The molecule has 1 nitrogen and oxygen atoms in total. The van der Waals surface area contributed by atoms with Crippen LogP contribution in [0.25, 0.3) is 0 Å². The number of halogens is 1. The van der Waals surface area contributed by atoms with Gasteiger partial charge in [0, 0.05) is 17.0 Å². The third kappa shape index (κ3) is 4.39. The van der Waals surface area contributed by atoms with E-state index in [2.05, 4.69) is 53.8 Å². The molecule has 0 aliphatic heterocycles. The van der Waals surface area contributed by atoms with Crippen LogP contribution in [0.4, 0.5) is 10.1 Å². The molecule has 3 aromatic carbocycles. The Morgan fingerprint density at radius 1 is 0.741 bits per heavy atom. The Balaban J connectivity index is 1.78. The Kier molecular flexibility index (Phi) is 5.84. The van der Waals surface area contributed by atoms with Gasteiger partial charge in [-0.05, 0) is 49.6 Å². The van der Waals surface area contributed by atoms with Crippen molar-refractivity contribution < 1.29 is 4.39 Å². The van der Waals surface area contributed by atoms with Crippen molar-refractivity contribution >= 4 is 29.5 Å². The Morgan fingerprint density at radius 3 is 1.93 bits per heavy atom. The summed E-state index contributed by atoms with van der Waals surface area (Å²) in [5.74, 6) is -0.168. The van der Waals surface area contributed by atoms with Crippen molar-refractivity contribution in [3.63, 3.8) is 0 Å². The lowest BCUT2D eigenvalue weighted by atomic mass is 9.95. The summed E-state index contributed by atoms with van der Waals surface area (Å²) in [4.78, 5) is 0. The maximum absolute atomic E-state index is 14.3. The van der Waals surface area contributed by atoms with E-state index in [9.17, 15) is 4.39 Å². The normalized spacial score (nSPS) is 15.0. The first-order chi connectivity index (χ1) is 13.3. The SMILES string of the molecule is Fc1ccc(NC2CCCCC2)c(P(c2ccccc2)c2ccccc2)c1. The van der Waals surface area contributed by atoms with Crippen LogP contribution in [0.1, 0.15) is 32.1 Å². The van der Waals surface area contributed by atoms with Gasteiger partial charge >= 0.3 is 0 Å². The Morgan fingerprint density at radius 2 is 1.33 bits per heavy atom. The van der Waals surface area contributed by atoms with Gasteiger partial charge in [0.2, 0.25) is 0 Å². The minimum absolute atomic E-state index is 0.168. The molecule has 27 heavy (non-hydrogen) atoms. The molecule has 4 rings (SSSR count). The Bertz CT molecular complexity index is 821. The fourth-order valence-electron chi connectivity index (χ4n) is 3.86. The van der Waals surface area contributed by atoms with Crippen molar-refractivity contribution in [2.45, 2.75) is 38.1 Å². The highest BCUT2D eigenvalue weighted by Crippen LogP contribution is 2.36. The van der Waals surface area contributed by atoms with E-state index in [0.717, 1.165) is 11.0 Å². The van der Waals surface area contributed by atoms with Crippen LogP contribution in [0.3, 0.4) is 0 Å². The highest BCUT2D eigenvalue weighted by molar-refractivity contribution is 7.80. The first-order valence-corrected chi connectivity index (χ1v) is 11.1. The fraction of sp³-hybridized carbons (Fsp3) is 0.250. The first-order valence-electron chi connectivity index (χ1n) is 9.77. The summed E-state index contributed by atoms with van der Waals surface area (Å²) < 4.78 is 14.3. The summed E-state index contributed by atoms with van der Waals surface area (Å²) in [6, 6.07) is 26.7. The van der Waals surface area contributed by atoms with Crippen LogP contribution in [0.2, 0.25) is 0 Å². The van der Waals surface area contributed by atoms with Crippen LogP contribution >= 0.6 is 7.92 Å². The van der Waals surface area contributed by atoms with E-state index in [1.807, 2.05) is 18.2 Å². The minimum atomic E-state index is -0.812. The fourth-order valence-corrected chi connectivity index (χ4v) is 6.29. The van der Waals surface area contributed by atoms with Gasteiger partial charge in [0.05, 0.1) is 0 Å². The summed E-state index contributed by atoms with van der Waals surface area (Å²) in [5.41, 5.74) is 1.09. The van der Waals surface area contributed by atoms with Crippen LogP contribution in [0.5, 0.6) is 0 Å². The smallest absolute Gasteiger partial charge is 0.124 e. The van der Waals surface area contributed by atoms with Crippen LogP contribution in [-0.2, 0) is 0 Å². The monoisotopic (exact) mass is 377 g/mol. The zero-order valence-electron chi connectivity index (χ0n) is 15.4. The van der Waals surface area contributed by atoms with Gasteiger partial charge in [-0.1, -0.05) is 79.9 Å². The van der Waals surface area contributed by atoms with Crippen LogP contribution in [0.15, 0.2) is 78.9 Å². The molecular formula is C24H25FNP. The van der Waals surface area contributed by atoms with E-state index in [-0.39, 0.29) is 5.82 Å². The Labute approximate surface area is 162 Å². The van der Waals surface area contributed by atoms with E-state index in [1.54, 1.807) is 12.1 Å². The van der Waals surface area contributed by atoms with Gasteiger partial charge in [-0.15, -0.1) is 0 Å². The van der Waals surface area contributed by atoms with Crippen molar-refractivity contribution in [1.29, 1.82) is 0 Å². The van der Waals surface area contributed by atoms with E-state index in [0.29, 0.717) is 6.04 Å². The van der Waals surface area contributed by atoms with E-state index >= 15 is 0 Å². The number of hydrogen-bond donors (Lipinski definition) is 1. The second-order valence-corrected chi connectivity index (χ2v) is 9.33. The number of benzene rings is 3. The lowest BCUT2D eigenvalue weighted by molar-refractivity contribution is 0.463. The van der Waals surface area contributed by atoms with Crippen molar-refractivity contribution in [2.24, 2.45) is 0 Å². The van der Waals surface area contributed by atoms with Crippen molar-refractivity contribution in [3.05, 3.63) is 84.7 Å². The molecule has 0 aromatic heterocycles.